The summed E-state index contributed by atoms with van der Waals surface area (Å²) in [5.41, 5.74) is -6.10. The Hall–Kier alpha value is -8.05. The van der Waals surface area contributed by atoms with Gasteiger partial charge in [-0.15, -0.1) is 0 Å². The van der Waals surface area contributed by atoms with Crippen LogP contribution in [0.4, 0.5) is 37.7 Å². The summed E-state index contributed by atoms with van der Waals surface area (Å²) in [5, 5.41) is 30.1. The van der Waals surface area contributed by atoms with Gasteiger partial charge in [-0.1, -0.05) is 72.8 Å². The van der Waals surface area contributed by atoms with Crippen LogP contribution in [0.3, 0.4) is 0 Å². The molecule has 546 valence electrons. The summed E-state index contributed by atoms with van der Waals surface area (Å²) in [6, 6.07) is 58.0. The molecular formula is C67H48F6I4N2O21S4. The van der Waals surface area contributed by atoms with Crippen LogP contribution in [0.25, 0.3) is 30.0 Å². The molecule has 10 aromatic rings. The average molecular weight is 1970 g/mol. The molecule has 8 aromatic carbocycles. The van der Waals surface area contributed by atoms with Gasteiger partial charge in [0.2, 0.25) is 12.2 Å². The molecule has 0 aliphatic rings. The Kier molecular flexibility index (Phi) is 30.2. The molecule has 23 nitrogen and oxygen atoms in total. The van der Waals surface area contributed by atoms with Crippen molar-refractivity contribution >= 4 is 193 Å². The first-order valence-electron chi connectivity index (χ1n) is 29.1. The molecule has 0 saturated carbocycles. The highest BCUT2D eigenvalue weighted by atomic mass is 127. The molecule has 104 heavy (non-hydrogen) atoms. The summed E-state index contributed by atoms with van der Waals surface area (Å²) in [6.45, 7) is -1.76. The summed E-state index contributed by atoms with van der Waals surface area (Å²) in [4.78, 5) is 85.5. The molecule has 2 aromatic heterocycles. The summed E-state index contributed by atoms with van der Waals surface area (Å²) >= 11 is 8.02. The number of ether oxygens (including phenoxy) is 6. The van der Waals surface area contributed by atoms with Crippen molar-refractivity contribution in [3.05, 3.63) is 267 Å². The van der Waals surface area contributed by atoms with Gasteiger partial charge in [0.05, 0.1) is 58.3 Å². The molecule has 37 heteroatoms. The topological polar surface area (TPSA) is 341 Å². The van der Waals surface area contributed by atoms with Crippen molar-refractivity contribution in [2.45, 2.75) is 24.6 Å². The van der Waals surface area contributed by atoms with E-state index in [0.717, 1.165) is 41.0 Å². The number of hydrogen-bond donors (Lipinski definition) is 0. The van der Waals surface area contributed by atoms with Crippen LogP contribution in [0, 0.1) is 34.5 Å². The molecule has 0 aliphatic carbocycles. The number of alkyl halides is 6. The monoisotopic (exact) mass is 1970 g/mol. The molecule has 4 unspecified atom stereocenters. The fraction of sp³-hybridized carbons (Fsp3) is 0.149. The van der Waals surface area contributed by atoms with Gasteiger partial charge in [-0.05, 0) is 187 Å². The SMILES string of the molecule is O=C(OC(CS(=O)(=O)[O-])C(F)(F)F)c1cccc([N+](=O)[O-])c1C(=O)OCCOc1ccc(I)cc1.O=C(OCCOC(=O)c1cccc([N+](=O)[O-])c1C(=O)OC(CS(=O)(=O)[O-])C(F)(F)F)c1cc(I)cc(I)c1I.c1ccc(-[s+]2ccc3ccccc32)cc1.c1ccc(-[s+]2ccc3ccccc32)cc1. The highest BCUT2D eigenvalue weighted by Crippen LogP contribution is 2.41. The lowest BCUT2D eigenvalue weighted by atomic mass is 10.1. The van der Waals surface area contributed by atoms with Gasteiger partial charge >= 0.3 is 42.2 Å². The number of nitro benzene ring substituents is 2. The third kappa shape index (κ3) is 24.5. The minimum Gasteiger partial charge on any atom is -0.748 e. The number of carbonyl (C=O) groups is 5. The summed E-state index contributed by atoms with van der Waals surface area (Å²) in [5.74, 6) is -11.6. The Morgan fingerprint density at radius 2 is 0.837 bits per heavy atom. The summed E-state index contributed by atoms with van der Waals surface area (Å²) in [7, 11) is -10.7. The molecule has 0 amide bonds. The number of halogens is 10. The molecule has 2 heterocycles. The molecule has 4 atom stereocenters. The van der Waals surface area contributed by atoms with E-state index >= 15 is 0 Å². The maximum absolute atomic E-state index is 13.2. The highest BCUT2D eigenvalue weighted by molar-refractivity contribution is 14.1. The van der Waals surface area contributed by atoms with Crippen LogP contribution in [0.1, 0.15) is 51.8 Å². The zero-order valence-corrected chi connectivity index (χ0v) is 64.3. The van der Waals surface area contributed by atoms with Crippen molar-refractivity contribution in [1.82, 2.24) is 0 Å². The van der Waals surface area contributed by atoms with E-state index in [1.807, 2.05) is 73.8 Å². The van der Waals surface area contributed by atoms with Crippen molar-refractivity contribution in [3.63, 3.8) is 0 Å². The lowest BCUT2D eigenvalue weighted by Gasteiger charge is -2.22. The molecule has 0 bridgehead atoms. The Bertz CT molecular complexity index is 4890. The third-order valence-corrected chi connectivity index (χ3v) is 23.4. The number of benzene rings is 8. The van der Waals surface area contributed by atoms with E-state index in [2.05, 4.69) is 164 Å². The first kappa shape index (κ1) is 83.2. The third-order valence-electron chi connectivity index (χ3n) is 13.5. The lowest BCUT2D eigenvalue weighted by molar-refractivity contribution is -0.385. The van der Waals surface area contributed by atoms with Crippen LogP contribution in [0.5, 0.6) is 5.75 Å². The number of nitro groups is 2. The molecule has 0 fully saturated rings. The zero-order chi connectivity index (χ0) is 76.3. The van der Waals surface area contributed by atoms with Crippen LogP contribution in [-0.4, -0.2) is 128 Å². The van der Waals surface area contributed by atoms with Crippen molar-refractivity contribution in [2.24, 2.45) is 0 Å². The Morgan fingerprint density at radius 1 is 0.442 bits per heavy atom. The Morgan fingerprint density at radius 3 is 1.28 bits per heavy atom. The van der Waals surface area contributed by atoms with Gasteiger partial charge in [0, 0.05) is 70.3 Å². The Labute approximate surface area is 646 Å². The maximum atomic E-state index is 13.2. The Balaban J connectivity index is 0.000000209. The smallest absolute Gasteiger partial charge is 0.426 e. The fourth-order valence-corrected chi connectivity index (χ4v) is 16.7. The molecule has 0 spiro atoms. The van der Waals surface area contributed by atoms with Gasteiger partial charge in [-0.2, -0.15) is 26.3 Å². The van der Waals surface area contributed by atoms with Gasteiger partial charge in [0.1, 0.15) is 42.9 Å². The number of esters is 5. The number of nitrogens with zero attached hydrogens (tertiary/aromatic N) is 2. The van der Waals surface area contributed by atoms with Crippen molar-refractivity contribution in [3.8, 4) is 15.5 Å². The number of fused-ring (bicyclic) bond motifs is 2. The first-order valence-corrected chi connectivity index (χ1v) is 39.2. The zero-order valence-electron chi connectivity index (χ0n) is 52.4. The van der Waals surface area contributed by atoms with Crippen molar-refractivity contribution < 1.29 is 115 Å². The molecule has 0 radical (unpaired) electrons. The predicted octanol–water partition coefficient (Wildman–Crippen LogP) is 16.3. The van der Waals surface area contributed by atoms with Crippen LogP contribution in [0.15, 0.2) is 205 Å². The largest absolute Gasteiger partial charge is 0.748 e. The minimum absolute atomic E-state index is 0.154. The van der Waals surface area contributed by atoms with Crippen LogP contribution >= 0.6 is 111 Å². The second kappa shape index (κ2) is 37.8. The molecule has 0 N–H and O–H groups in total. The highest BCUT2D eigenvalue weighted by Gasteiger charge is 2.47. The number of thiophene rings is 2. The minimum atomic E-state index is -5.55. The quantitative estimate of drug-likeness (QED) is 0.00581. The van der Waals surface area contributed by atoms with Gasteiger partial charge in [0.15, 0.2) is 30.3 Å². The lowest BCUT2D eigenvalue weighted by Crippen LogP contribution is -2.40. The van der Waals surface area contributed by atoms with Crippen LogP contribution in [-0.2, 0) is 43.9 Å². The number of hydrogen-bond acceptors (Lipinski definition) is 21. The van der Waals surface area contributed by atoms with Crippen LogP contribution in [0.2, 0.25) is 0 Å². The maximum Gasteiger partial charge on any atom is 0.426 e. The summed E-state index contributed by atoms with van der Waals surface area (Å²) < 4.78 is 178. The fourth-order valence-electron chi connectivity index (χ4n) is 8.93. The number of rotatable bonds is 22. The number of carbonyl (C=O) groups excluding carboxylic acids is 5. The van der Waals surface area contributed by atoms with Crippen molar-refractivity contribution in [1.29, 1.82) is 0 Å². The predicted molar refractivity (Wildman–Crippen MR) is 401 cm³/mol. The van der Waals surface area contributed by atoms with E-state index in [1.165, 1.54) is 30.0 Å². The summed E-state index contributed by atoms with van der Waals surface area (Å²) in [6.07, 6.45) is -17.8. The molecule has 0 aliphatic heterocycles. The molecular weight excluding hydrogens is 1920 g/mol. The standard InChI is InChI=1S/C20H13F3I3NO11S.C19H15F3INO10S.2C14H11S/c21-20(22,23)14(8-39(33,34)35)38-19(30)15-10(2-1-3-13(15)27(31)32)17(28)36-4-5-37-18(29)11-6-9(24)7-12(25)16(11)26;20-19(21,22)15(10-35(29,30)31)34-17(25)13-2-1-3-14(24(27)28)16(13)18(26)33-9-8-32-12-6-4-11(23)5-7-12;2*1-2-7-13(8-3-1)15-11-10-12-6-4-5-9-14(12)15/h1-3,6-7,14H,4-5,8H2,(H,33,34,35);1-7,15H,8-10H2,(H,29,30,31);2*1-11H/q;;2*+1/p-2. The second-order valence-corrected chi connectivity index (χ2v) is 32.0. The molecule has 10 rings (SSSR count). The first-order chi connectivity index (χ1) is 49.0. The molecule has 0 saturated heterocycles. The normalized spacial score (nSPS) is 12.3. The van der Waals surface area contributed by atoms with Gasteiger partial charge in [0.25, 0.3) is 11.4 Å². The second-order valence-electron chi connectivity index (χ2n) is 20.7. The van der Waals surface area contributed by atoms with E-state index in [9.17, 15) is 96.5 Å². The van der Waals surface area contributed by atoms with E-state index in [-0.39, 0.29) is 33.1 Å². The van der Waals surface area contributed by atoms with Gasteiger partial charge < -0.3 is 37.5 Å². The average Bonchev–Trinajstić information content (AvgIpc) is 1.06. The van der Waals surface area contributed by atoms with E-state index in [4.69, 9.17) is 18.9 Å². The van der Waals surface area contributed by atoms with E-state index in [0.29, 0.717) is 15.4 Å². The van der Waals surface area contributed by atoms with Gasteiger partial charge in [-0.25, -0.2) is 40.8 Å². The van der Waals surface area contributed by atoms with Crippen LogP contribution < -0.4 is 4.74 Å². The van der Waals surface area contributed by atoms with E-state index in [1.54, 1.807) is 30.3 Å². The van der Waals surface area contributed by atoms with E-state index < -0.39 is 149 Å². The van der Waals surface area contributed by atoms with Crippen molar-refractivity contribution in [2.75, 3.05) is 37.9 Å². The van der Waals surface area contributed by atoms with Gasteiger partial charge in [-0.3, -0.25) is 20.2 Å².